The van der Waals surface area contributed by atoms with Gasteiger partial charge in [-0.25, -0.2) is 15.0 Å². The SMILES string of the molecule is CC(C)(C)c1ccc2c(c1)c1ccccc1n2-c1ccc(-c2ccccc2C#N)cc1-c1cccc(-n2c3ccccc3c3cc(C(C)(C)C)ccc32)c1-c1nc(-c2ccccc2)nc(-c2ccccc2)n1. The first-order valence-corrected chi connectivity index (χ1v) is 24.7. The van der Waals surface area contributed by atoms with Crippen LogP contribution in [-0.2, 0) is 10.8 Å². The third-order valence-corrected chi connectivity index (χ3v) is 14.2. The predicted molar refractivity (Wildman–Crippen MR) is 298 cm³/mol. The number of aromatic nitrogens is 5. The van der Waals surface area contributed by atoms with Gasteiger partial charge in [0, 0.05) is 38.2 Å². The van der Waals surface area contributed by atoms with Crippen molar-refractivity contribution in [3.63, 3.8) is 0 Å². The summed E-state index contributed by atoms with van der Waals surface area (Å²) in [6.45, 7) is 13.6. The van der Waals surface area contributed by atoms with Crippen LogP contribution < -0.4 is 0 Å². The van der Waals surface area contributed by atoms with Gasteiger partial charge in [0.05, 0.1) is 50.6 Å². The van der Waals surface area contributed by atoms with Gasteiger partial charge in [0.15, 0.2) is 17.5 Å². The van der Waals surface area contributed by atoms with Gasteiger partial charge in [-0.15, -0.1) is 0 Å². The lowest BCUT2D eigenvalue weighted by atomic mass is 9.86. The minimum atomic E-state index is -0.0538. The monoisotopic (exact) mass is 928 g/mol. The molecule has 9 aromatic carbocycles. The van der Waals surface area contributed by atoms with Crippen LogP contribution in [0.1, 0.15) is 58.2 Å². The zero-order valence-corrected chi connectivity index (χ0v) is 41.3. The summed E-state index contributed by atoms with van der Waals surface area (Å²) in [7, 11) is 0. The quantitative estimate of drug-likeness (QED) is 0.160. The molecule has 0 spiro atoms. The largest absolute Gasteiger partial charge is 0.309 e. The van der Waals surface area contributed by atoms with E-state index in [1.54, 1.807) is 0 Å². The van der Waals surface area contributed by atoms with Gasteiger partial charge in [-0.2, -0.15) is 5.26 Å². The van der Waals surface area contributed by atoms with E-state index in [1.807, 2.05) is 60.7 Å². The summed E-state index contributed by atoms with van der Waals surface area (Å²) in [5.74, 6) is 1.69. The summed E-state index contributed by atoms with van der Waals surface area (Å²) < 4.78 is 4.81. The normalized spacial score (nSPS) is 12.0. The molecule has 346 valence electrons. The first kappa shape index (κ1) is 44.3. The Morgan fingerprint density at radius 1 is 0.361 bits per heavy atom. The van der Waals surface area contributed by atoms with Crippen molar-refractivity contribution in [2.24, 2.45) is 0 Å². The minimum Gasteiger partial charge on any atom is -0.309 e. The van der Waals surface area contributed by atoms with Gasteiger partial charge in [0.1, 0.15) is 0 Å². The van der Waals surface area contributed by atoms with Crippen LogP contribution in [-0.4, -0.2) is 24.1 Å². The number of fused-ring (bicyclic) bond motifs is 6. The van der Waals surface area contributed by atoms with Crippen molar-refractivity contribution < 1.29 is 0 Å². The van der Waals surface area contributed by atoms with Gasteiger partial charge in [-0.05, 0) is 99.3 Å². The molecule has 0 fully saturated rings. The van der Waals surface area contributed by atoms with Crippen molar-refractivity contribution in [2.45, 2.75) is 52.4 Å². The van der Waals surface area contributed by atoms with Crippen LogP contribution in [0.15, 0.2) is 206 Å². The molecule has 0 N–H and O–H groups in total. The molecular weight excluding hydrogens is 877 g/mol. The highest BCUT2D eigenvalue weighted by Crippen LogP contribution is 2.46. The van der Waals surface area contributed by atoms with Crippen LogP contribution >= 0.6 is 0 Å². The first-order chi connectivity index (χ1) is 34.9. The molecule has 0 bridgehead atoms. The zero-order valence-electron chi connectivity index (χ0n) is 41.3. The van der Waals surface area contributed by atoms with E-state index in [0.717, 1.165) is 77.8 Å². The standard InChI is InChI=1S/C66H52N6/c1-65(2,3)46-33-36-58-53(39-46)49-26-15-17-29-55(49)71(58)57-35-32-44(48-25-14-13-24-45(48)41-67)38-52(57)51-28-19-31-60(72-56-30-18-16-27-50(56)54-40-47(66(4,5)6)34-37-59(54)72)61(51)64-69-62(42-20-9-7-10-21-42)68-63(70-64)43-22-11-8-12-23-43/h7-40H,1-6H3. The lowest BCUT2D eigenvalue weighted by molar-refractivity contribution is 0.591. The van der Waals surface area contributed by atoms with Crippen molar-refractivity contribution in [2.75, 3.05) is 0 Å². The Bertz CT molecular complexity index is 4060. The van der Waals surface area contributed by atoms with Crippen LogP contribution in [0, 0.1) is 11.3 Å². The molecule has 0 aliphatic rings. The summed E-state index contributed by atoms with van der Waals surface area (Å²) in [5, 5.41) is 15.2. The molecule has 6 heteroatoms. The number of benzene rings is 9. The van der Waals surface area contributed by atoms with E-state index in [-0.39, 0.29) is 10.8 Å². The van der Waals surface area contributed by atoms with Gasteiger partial charge < -0.3 is 9.13 Å². The number of nitriles is 1. The van der Waals surface area contributed by atoms with Gasteiger partial charge >= 0.3 is 0 Å². The molecule has 0 aliphatic carbocycles. The molecule has 0 radical (unpaired) electrons. The summed E-state index contributed by atoms with van der Waals surface area (Å²) in [6, 6.07) is 75.2. The van der Waals surface area contributed by atoms with Crippen molar-refractivity contribution in [3.05, 3.63) is 223 Å². The minimum absolute atomic E-state index is 0.0451. The Labute approximate surface area is 420 Å². The second kappa shape index (κ2) is 17.2. The van der Waals surface area contributed by atoms with E-state index in [9.17, 15) is 5.26 Å². The molecule has 0 atom stereocenters. The molecule has 0 saturated carbocycles. The Kier molecular flexibility index (Phi) is 10.6. The fourth-order valence-corrected chi connectivity index (χ4v) is 10.5. The van der Waals surface area contributed by atoms with Crippen LogP contribution in [0.25, 0.3) is 111 Å². The maximum Gasteiger partial charge on any atom is 0.166 e. The summed E-state index contributed by atoms with van der Waals surface area (Å²) in [4.78, 5) is 16.2. The molecule has 12 rings (SSSR count). The Balaban J connectivity index is 1.25. The number of hydrogen-bond donors (Lipinski definition) is 0. The van der Waals surface area contributed by atoms with E-state index in [1.165, 1.54) is 27.3 Å². The lowest BCUT2D eigenvalue weighted by Crippen LogP contribution is -2.10. The molecule has 72 heavy (non-hydrogen) atoms. The average molecular weight is 929 g/mol. The molecule has 0 aliphatic heterocycles. The second-order valence-electron chi connectivity index (χ2n) is 20.8. The molecule has 0 saturated heterocycles. The lowest BCUT2D eigenvalue weighted by Gasteiger charge is -2.22. The first-order valence-electron chi connectivity index (χ1n) is 24.7. The third kappa shape index (κ3) is 7.53. The number of rotatable bonds is 7. The van der Waals surface area contributed by atoms with E-state index < -0.39 is 0 Å². The molecule has 3 heterocycles. The van der Waals surface area contributed by atoms with Crippen molar-refractivity contribution >= 4 is 43.6 Å². The van der Waals surface area contributed by atoms with Crippen molar-refractivity contribution in [1.29, 1.82) is 5.26 Å². The van der Waals surface area contributed by atoms with E-state index in [0.29, 0.717) is 23.0 Å². The zero-order chi connectivity index (χ0) is 49.3. The van der Waals surface area contributed by atoms with Crippen molar-refractivity contribution in [3.8, 4) is 73.9 Å². The molecular formula is C66H52N6. The van der Waals surface area contributed by atoms with Crippen LogP contribution in [0.4, 0.5) is 0 Å². The second-order valence-corrected chi connectivity index (χ2v) is 20.8. The molecule has 0 unspecified atom stereocenters. The van der Waals surface area contributed by atoms with Gasteiger partial charge in [-0.1, -0.05) is 187 Å². The summed E-state index contributed by atoms with van der Waals surface area (Å²) in [6.07, 6.45) is 0. The van der Waals surface area contributed by atoms with Gasteiger partial charge in [0.2, 0.25) is 0 Å². The highest BCUT2D eigenvalue weighted by molar-refractivity contribution is 6.12. The van der Waals surface area contributed by atoms with Gasteiger partial charge in [0.25, 0.3) is 0 Å². The average Bonchev–Trinajstić information content (AvgIpc) is 3.92. The highest BCUT2D eigenvalue weighted by Gasteiger charge is 2.27. The topological polar surface area (TPSA) is 72.3 Å². The fourth-order valence-electron chi connectivity index (χ4n) is 10.5. The third-order valence-electron chi connectivity index (χ3n) is 14.2. The maximum atomic E-state index is 10.5. The fraction of sp³-hybridized carbons (Fsp3) is 0.121. The maximum absolute atomic E-state index is 10.5. The number of nitrogens with zero attached hydrogens (tertiary/aromatic N) is 6. The summed E-state index contributed by atoms with van der Waals surface area (Å²) in [5.41, 5.74) is 15.6. The number of para-hydroxylation sites is 2. The Morgan fingerprint density at radius 3 is 1.39 bits per heavy atom. The van der Waals surface area contributed by atoms with Crippen LogP contribution in [0.5, 0.6) is 0 Å². The van der Waals surface area contributed by atoms with E-state index >= 15 is 0 Å². The van der Waals surface area contributed by atoms with Crippen LogP contribution in [0.3, 0.4) is 0 Å². The molecule has 6 nitrogen and oxygen atoms in total. The Hall–Kier alpha value is -8.92. The van der Waals surface area contributed by atoms with Crippen molar-refractivity contribution in [1.82, 2.24) is 24.1 Å². The Morgan fingerprint density at radius 2 is 0.833 bits per heavy atom. The predicted octanol–water partition coefficient (Wildman–Crippen LogP) is 16.9. The van der Waals surface area contributed by atoms with E-state index in [2.05, 4.69) is 202 Å². The van der Waals surface area contributed by atoms with Gasteiger partial charge in [-0.3, -0.25) is 0 Å². The van der Waals surface area contributed by atoms with Crippen LogP contribution in [0.2, 0.25) is 0 Å². The summed E-state index contributed by atoms with van der Waals surface area (Å²) >= 11 is 0. The number of hydrogen-bond acceptors (Lipinski definition) is 4. The molecule has 3 aromatic heterocycles. The molecule has 12 aromatic rings. The van der Waals surface area contributed by atoms with E-state index in [4.69, 9.17) is 15.0 Å². The highest BCUT2D eigenvalue weighted by atomic mass is 15.1. The molecule has 0 amide bonds. The smallest absolute Gasteiger partial charge is 0.166 e.